The van der Waals surface area contributed by atoms with Crippen LogP contribution in [0, 0.1) is 0 Å². The van der Waals surface area contributed by atoms with Crippen molar-refractivity contribution in [2.45, 2.75) is 33.4 Å². The highest BCUT2D eigenvalue weighted by molar-refractivity contribution is 5.92. The fraction of sp³-hybridized carbons (Fsp3) is 0.533. The maximum absolute atomic E-state index is 12.3. The zero-order chi connectivity index (χ0) is 15.6. The van der Waals surface area contributed by atoms with Gasteiger partial charge in [0.05, 0.1) is 12.2 Å². The third-order valence-corrected chi connectivity index (χ3v) is 3.53. The number of aromatic nitrogens is 2. The Balaban J connectivity index is 2.18. The van der Waals surface area contributed by atoms with Gasteiger partial charge >= 0.3 is 0 Å². The smallest absolute Gasteiger partial charge is 0.274 e. The van der Waals surface area contributed by atoms with E-state index in [1.807, 2.05) is 11.6 Å². The van der Waals surface area contributed by atoms with Gasteiger partial charge in [-0.2, -0.15) is 5.10 Å². The Labute approximate surface area is 125 Å². The van der Waals surface area contributed by atoms with Crippen LogP contribution >= 0.6 is 0 Å². The molecule has 114 valence electrons. The Morgan fingerprint density at radius 3 is 2.71 bits per heavy atom. The molecule has 6 nitrogen and oxygen atoms in total. The molecule has 0 spiro atoms. The molecular weight excluding hydrogens is 268 g/mol. The van der Waals surface area contributed by atoms with Gasteiger partial charge in [0.25, 0.3) is 5.91 Å². The molecule has 0 aromatic carbocycles. The van der Waals surface area contributed by atoms with E-state index in [0.29, 0.717) is 18.8 Å². The van der Waals surface area contributed by atoms with E-state index in [1.165, 1.54) is 0 Å². The average Bonchev–Trinajstić information content (AvgIpc) is 2.68. The minimum atomic E-state index is -0.118. The maximum atomic E-state index is 12.3. The lowest BCUT2D eigenvalue weighted by Gasteiger charge is -2.17. The summed E-state index contributed by atoms with van der Waals surface area (Å²) in [7, 11) is 1.74. The minimum absolute atomic E-state index is 0.0527. The highest BCUT2D eigenvalue weighted by Crippen LogP contribution is 2.15. The van der Waals surface area contributed by atoms with Gasteiger partial charge in [0.15, 0.2) is 5.69 Å². The van der Waals surface area contributed by atoms with Gasteiger partial charge in [-0.3, -0.25) is 14.3 Å². The first-order chi connectivity index (χ1) is 9.88. The second-order valence-electron chi connectivity index (χ2n) is 5.66. The lowest BCUT2D eigenvalue weighted by Crippen LogP contribution is -2.29. The van der Waals surface area contributed by atoms with Gasteiger partial charge in [0, 0.05) is 33.6 Å². The second-order valence-corrected chi connectivity index (χ2v) is 5.66. The van der Waals surface area contributed by atoms with Crippen molar-refractivity contribution in [3.05, 3.63) is 29.6 Å². The van der Waals surface area contributed by atoms with Gasteiger partial charge in [-0.15, -0.1) is 0 Å². The fourth-order valence-corrected chi connectivity index (χ4v) is 2.51. The molecule has 0 aliphatic carbocycles. The summed E-state index contributed by atoms with van der Waals surface area (Å²) in [6.45, 7) is 9.76. The molecule has 0 N–H and O–H groups in total. The van der Waals surface area contributed by atoms with Crippen LogP contribution in [0.3, 0.4) is 0 Å². The Kier molecular flexibility index (Phi) is 4.45. The first-order valence-corrected chi connectivity index (χ1v) is 7.10. The highest BCUT2D eigenvalue weighted by atomic mass is 16.2. The largest absolute Gasteiger partial charge is 0.337 e. The summed E-state index contributed by atoms with van der Waals surface area (Å²) in [5.41, 5.74) is 2.27. The van der Waals surface area contributed by atoms with Gasteiger partial charge in [-0.25, -0.2) is 0 Å². The van der Waals surface area contributed by atoms with E-state index in [2.05, 4.69) is 11.7 Å². The molecule has 0 radical (unpaired) electrons. The molecular formula is C15H22N4O2. The SMILES string of the molecule is C=C(C)CN(C)C(=O)c1cc2n(n1)CCCN(C(C)=O)C2. The molecule has 21 heavy (non-hydrogen) atoms. The van der Waals surface area contributed by atoms with E-state index >= 15 is 0 Å². The number of likely N-dealkylation sites (N-methyl/N-ethyl adjacent to an activating group) is 1. The van der Waals surface area contributed by atoms with Crippen LogP contribution in [0.1, 0.15) is 36.5 Å². The van der Waals surface area contributed by atoms with Crippen molar-refractivity contribution < 1.29 is 9.59 Å². The van der Waals surface area contributed by atoms with Crippen molar-refractivity contribution >= 4 is 11.8 Å². The number of rotatable bonds is 3. The normalized spacial score (nSPS) is 14.3. The van der Waals surface area contributed by atoms with Crippen molar-refractivity contribution in [2.24, 2.45) is 0 Å². The molecule has 0 atom stereocenters. The first-order valence-electron chi connectivity index (χ1n) is 7.10. The Morgan fingerprint density at radius 1 is 1.38 bits per heavy atom. The molecule has 2 heterocycles. The van der Waals surface area contributed by atoms with E-state index in [0.717, 1.165) is 30.8 Å². The van der Waals surface area contributed by atoms with E-state index in [4.69, 9.17) is 0 Å². The van der Waals surface area contributed by atoms with Gasteiger partial charge < -0.3 is 9.80 Å². The molecule has 0 saturated carbocycles. The van der Waals surface area contributed by atoms with Crippen LogP contribution in [-0.4, -0.2) is 51.5 Å². The van der Waals surface area contributed by atoms with E-state index < -0.39 is 0 Å². The molecule has 0 saturated heterocycles. The van der Waals surface area contributed by atoms with Crippen molar-refractivity contribution in [1.82, 2.24) is 19.6 Å². The molecule has 6 heteroatoms. The lowest BCUT2D eigenvalue weighted by molar-refractivity contribution is -0.129. The lowest BCUT2D eigenvalue weighted by atomic mass is 10.2. The molecule has 1 aromatic rings. The predicted molar refractivity (Wildman–Crippen MR) is 79.7 cm³/mol. The minimum Gasteiger partial charge on any atom is -0.337 e. The number of carbonyl (C=O) groups excluding carboxylic acids is 2. The van der Waals surface area contributed by atoms with E-state index in [1.54, 1.807) is 29.8 Å². The summed E-state index contributed by atoms with van der Waals surface area (Å²) < 4.78 is 1.84. The molecule has 0 bridgehead atoms. The quantitative estimate of drug-likeness (QED) is 0.788. The number of hydrogen-bond acceptors (Lipinski definition) is 3. The number of fused-ring (bicyclic) bond motifs is 1. The van der Waals surface area contributed by atoms with Crippen LogP contribution in [0.5, 0.6) is 0 Å². The Hall–Kier alpha value is -2.11. The van der Waals surface area contributed by atoms with Crippen LogP contribution in [-0.2, 0) is 17.9 Å². The molecule has 2 rings (SSSR count). The molecule has 1 aliphatic rings. The summed E-state index contributed by atoms with van der Waals surface area (Å²) in [5.74, 6) is -0.0649. The van der Waals surface area contributed by atoms with Crippen molar-refractivity contribution in [2.75, 3.05) is 20.1 Å². The van der Waals surface area contributed by atoms with Gasteiger partial charge in [-0.05, 0) is 19.4 Å². The second kappa shape index (κ2) is 6.11. The van der Waals surface area contributed by atoms with Crippen molar-refractivity contribution in [3.63, 3.8) is 0 Å². The third-order valence-electron chi connectivity index (χ3n) is 3.53. The summed E-state index contributed by atoms with van der Waals surface area (Å²) in [4.78, 5) is 27.3. The van der Waals surface area contributed by atoms with Crippen LogP contribution in [0.15, 0.2) is 18.2 Å². The average molecular weight is 290 g/mol. The summed E-state index contributed by atoms with van der Waals surface area (Å²) in [6, 6.07) is 1.79. The molecule has 1 aliphatic heterocycles. The third kappa shape index (κ3) is 3.51. The van der Waals surface area contributed by atoms with Crippen LogP contribution in [0.4, 0.5) is 0 Å². The van der Waals surface area contributed by atoms with Crippen LogP contribution < -0.4 is 0 Å². The predicted octanol–water partition coefficient (Wildman–Crippen LogP) is 1.28. The monoisotopic (exact) mass is 290 g/mol. The summed E-state index contributed by atoms with van der Waals surface area (Å²) in [6.07, 6.45) is 0.851. The number of aryl methyl sites for hydroxylation is 1. The Morgan fingerprint density at radius 2 is 2.10 bits per heavy atom. The number of amides is 2. The van der Waals surface area contributed by atoms with Crippen LogP contribution in [0.25, 0.3) is 0 Å². The van der Waals surface area contributed by atoms with Crippen molar-refractivity contribution in [1.29, 1.82) is 0 Å². The topological polar surface area (TPSA) is 58.4 Å². The van der Waals surface area contributed by atoms with Crippen molar-refractivity contribution in [3.8, 4) is 0 Å². The fourth-order valence-electron chi connectivity index (χ4n) is 2.51. The molecule has 2 amide bonds. The first kappa shape index (κ1) is 15.3. The highest BCUT2D eigenvalue weighted by Gasteiger charge is 2.22. The zero-order valence-corrected chi connectivity index (χ0v) is 12.9. The maximum Gasteiger partial charge on any atom is 0.274 e. The standard InChI is InChI=1S/C15H22N4O2/c1-11(2)9-17(4)15(21)14-8-13-10-18(12(3)20)6-5-7-19(13)16-14/h8H,1,5-7,9-10H2,2-4H3. The Bertz CT molecular complexity index is 576. The summed E-state index contributed by atoms with van der Waals surface area (Å²) >= 11 is 0. The number of hydrogen-bond donors (Lipinski definition) is 0. The molecule has 1 aromatic heterocycles. The molecule has 0 fully saturated rings. The van der Waals surface area contributed by atoms with Crippen LogP contribution in [0.2, 0.25) is 0 Å². The number of carbonyl (C=O) groups is 2. The van der Waals surface area contributed by atoms with E-state index in [-0.39, 0.29) is 11.8 Å². The van der Waals surface area contributed by atoms with Gasteiger partial charge in [0.1, 0.15) is 0 Å². The summed E-state index contributed by atoms with van der Waals surface area (Å²) in [5, 5.41) is 4.39. The zero-order valence-electron chi connectivity index (χ0n) is 12.9. The van der Waals surface area contributed by atoms with Gasteiger partial charge in [-0.1, -0.05) is 12.2 Å². The van der Waals surface area contributed by atoms with E-state index in [9.17, 15) is 9.59 Å². The number of nitrogens with zero attached hydrogens (tertiary/aromatic N) is 4. The molecule has 0 unspecified atom stereocenters. The van der Waals surface area contributed by atoms with Gasteiger partial charge in [0.2, 0.25) is 5.91 Å².